The van der Waals surface area contributed by atoms with Gasteiger partial charge in [-0.05, 0) is 85.8 Å². The lowest BCUT2D eigenvalue weighted by Crippen LogP contribution is -2.53. The molecule has 4 rings (SSSR count). The molecule has 0 fully saturated rings. The number of carbonyl (C=O) groups is 2. The van der Waals surface area contributed by atoms with Crippen LogP contribution in [0.4, 0.5) is 5.69 Å². The third-order valence-electron chi connectivity index (χ3n) is 7.84. The van der Waals surface area contributed by atoms with Crippen LogP contribution in [0.25, 0.3) is 0 Å². The molecule has 0 saturated carbocycles. The van der Waals surface area contributed by atoms with Gasteiger partial charge in [-0.1, -0.05) is 90.3 Å². The van der Waals surface area contributed by atoms with Crippen molar-refractivity contribution in [2.24, 2.45) is 0 Å². The first kappa shape index (κ1) is 35.0. The van der Waals surface area contributed by atoms with E-state index in [0.717, 1.165) is 26.6 Å². The van der Waals surface area contributed by atoms with Crippen LogP contribution in [0.15, 0.2) is 95.9 Å². The molecule has 1 unspecified atom stereocenters. The molecule has 1 atom stereocenters. The summed E-state index contributed by atoms with van der Waals surface area (Å²) in [6.07, 6.45) is 0.914. The fourth-order valence-electron chi connectivity index (χ4n) is 5.00. The number of halogens is 2. The van der Waals surface area contributed by atoms with Gasteiger partial charge < -0.3 is 10.2 Å². The van der Waals surface area contributed by atoms with Crippen molar-refractivity contribution in [2.75, 3.05) is 17.4 Å². The summed E-state index contributed by atoms with van der Waals surface area (Å²) in [7, 11) is -4.19. The van der Waals surface area contributed by atoms with Crippen molar-refractivity contribution in [3.8, 4) is 0 Å². The molecule has 0 aliphatic heterocycles. The van der Waals surface area contributed by atoms with Gasteiger partial charge in [0.05, 0.1) is 10.6 Å². The van der Waals surface area contributed by atoms with Crippen molar-refractivity contribution in [2.45, 2.75) is 58.0 Å². The summed E-state index contributed by atoms with van der Waals surface area (Å²) in [5, 5.41) is 3.70. The first-order chi connectivity index (χ1) is 21.9. The highest BCUT2D eigenvalue weighted by molar-refractivity contribution is 7.92. The van der Waals surface area contributed by atoms with E-state index in [1.54, 1.807) is 42.5 Å². The van der Waals surface area contributed by atoms with E-state index in [-0.39, 0.29) is 23.8 Å². The molecule has 0 aliphatic carbocycles. The summed E-state index contributed by atoms with van der Waals surface area (Å²) < 4.78 is 29.6. The molecule has 0 aromatic heterocycles. The van der Waals surface area contributed by atoms with Gasteiger partial charge in [-0.3, -0.25) is 13.9 Å². The highest BCUT2D eigenvalue weighted by Gasteiger charge is 2.35. The molecule has 0 heterocycles. The van der Waals surface area contributed by atoms with Crippen LogP contribution in [-0.2, 0) is 32.6 Å². The minimum Gasteiger partial charge on any atom is -0.354 e. The topological polar surface area (TPSA) is 86.8 Å². The minimum atomic E-state index is -4.19. The monoisotopic (exact) mass is 679 g/mol. The van der Waals surface area contributed by atoms with Gasteiger partial charge in [0.15, 0.2) is 0 Å². The standard InChI is InChI=1S/C36H39Cl2N3O4S/c1-5-19-39-36(43)34(21-28-9-7-6-8-10-28)40(23-29-14-15-30(37)22-33(29)38)35(42)24-41(31-16-13-26(3)27(4)20-31)46(44,45)32-17-11-25(2)12-18-32/h6-18,20,22,34H,5,19,21,23-24H2,1-4H3,(H,39,43). The molecule has 242 valence electrons. The van der Waals surface area contributed by atoms with Crippen LogP contribution >= 0.6 is 23.2 Å². The predicted octanol–water partition coefficient (Wildman–Crippen LogP) is 7.28. The number of nitrogens with zero attached hydrogens (tertiary/aromatic N) is 2. The summed E-state index contributed by atoms with van der Waals surface area (Å²) in [6, 6.07) is 25.2. The maximum atomic E-state index is 14.6. The number of amides is 2. The second kappa shape index (κ2) is 15.6. The van der Waals surface area contributed by atoms with Crippen molar-refractivity contribution in [3.05, 3.63) is 129 Å². The average Bonchev–Trinajstić information content (AvgIpc) is 3.03. The molecule has 10 heteroatoms. The van der Waals surface area contributed by atoms with E-state index in [1.807, 2.05) is 64.1 Å². The number of hydrogen-bond acceptors (Lipinski definition) is 4. The molecule has 46 heavy (non-hydrogen) atoms. The first-order valence-electron chi connectivity index (χ1n) is 15.1. The molecule has 4 aromatic rings. The van der Waals surface area contributed by atoms with E-state index in [4.69, 9.17) is 23.2 Å². The molecule has 2 amide bonds. The molecule has 0 saturated heterocycles. The second-order valence-corrected chi connectivity index (χ2v) is 14.1. The van der Waals surface area contributed by atoms with E-state index < -0.39 is 28.5 Å². The third-order valence-corrected chi connectivity index (χ3v) is 10.2. The first-order valence-corrected chi connectivity index (χ1v) is 17.3. The molecule has 4 aromatic carbocycles. The number of anilines is 1. The number of sulfonamides is 1. The minimum absolute atomic E-state index is 0.0444. The Labute approximate surface area is 282 Å². The number of carbonyl (C=O) groups excluding carboxylic acids is 2. The van der Waals surface area contributed by atoms with Crippen LogP contribution in [0.5, 0.6) is 0 Å². The van der Waals surface area contributed by atoms with Crippen LogP contribution in [0.3, 0.4) is 0 Å². The van der Waals surface area contributed by atoms with E-state index in [9.17, 15) is 18.0 Å². The number of nitrogens with one attached hydrogen (secondary N) is 1. The molecule has 0 bridgehead atoms. The number of hydrogen-bond donors (Lipinski definition) is 1. The Morgan fingerprint density at radius 3 is 2.17 bits per heavy atom. The summed E-state index contributed by atoms with van der Waals surface area (Å²) in [5.41, 5.74) is 4.52. The van der Waals surface area contributed by atoms with Gasteiger partial charge in [0.1, 0.15) is 12.6 Å². The third kappa shape index (κ3) is 8.69. The summed E-state index contributed by atoms with van der Waals surface area (Å²) in [5.74, 6) is -0.907. The van der Waals surface area contributed by atoms with Gasteiger partial charge in [0, 0.05) is 29.6 Å². The summed E-state index contributed by atoms with van der Waals surface area (Å²) in [4.78, 5) is 29.8. The zero-order chi connectivity index (χ0) is 33.4. The molecule has 7 nitrogen and oxygen atoms in total. The molecular formula is C36H39Cl2N3O4S. The van der Waals surface area contributed by atoms with E-state index in [2.05, 4.69) is 5.32 Å². The van der Waals surface area contributed by atoms with Gasteiger partial charge in [0.2, 0.25) is 11.8 Å². The molecule has 0 radical (unpaired) electrons. The maximum Gasteiger partial charge on any atom is 0.264 e. The van der Waals surface area contributed by atoms with Crippen LogP contribution in [0, 0.1) is 20.8 Å². The van der Waals surface area contributed by atoms with Gasteiger partial charge in [-0.25, -0.2) is 8.42 Å². The van der Waals surface area contributed by atoms with Gasteiger partial charge in [-0.2, -0.15) is 0 Å². The normalized spacial score (nSPS) is 12.0. The Bertz CT molecular complexity index is 1780. The van der Waals surface area contributed by atoms with Crippen molar-refractivity contribution in [1.29, 1.82) is 0 Å². The smallest absolute Gasteiger partial charge is 0.264 e. The average molecular weight is 681 g/mol. The largest absolute Gasteiger partial charge is 0.354 e. The fraction of sp³-hybridized carbons (Fsp3) is 0.278. The van der Waals surface area contributed by atoms with E-state index in [0.29, 0.717) is 34.3 Å². The predicted molar refractivity (Wildman–Crippen MR) is 186 cm³/mol. The molecule has 0 aliphatic rings. The van der Waals surface area contributed by atoms with Crippen molar-refractivity contribution >= 4 is 50.7 Å². The van der Waals surface area contributed by atoms with Crippen LogP contribution in [0.2, 0.25) is 10.0 Å². The quantitative estimate of drug-likeness (QED) is 0.161. The van der Waals surface area contributed by atoms with Crippen LogP contribution in [0.1, 0.15) is 41.2 Å². The van der Waals surface area contributed by atoms with Crippen LogP contribution < -0.4 is 9.62 Å². The summed E-state index contributed by atoms with van der Waals surface area (Å²) >= 11 is 12.7. The lowest BCUT2D eigenvalue weighted by atomic mass is 10.0. The summed E-state index contributed by atoms with van der Waals surface area (Å²) in [6.45, 7) is 7.47. The molecule has 0 spiro atoms. The van der Waals surface area contributed by atoms with Gasteiger partial charge in [-0.15, -0.1) is 0 Å². The maximum absolute atomic E-state index is 14.6. The van der Waals surface area contributed by atoms with Crippen molar-refractivity contribution in [1.82, 2.24) is 10.2 Å². The van der Waals surface area contributed by atoms with Crippen LogP contribution in [-0.4, -0.2) is 44.3 Å². The van der Waals surface area contributed by atoms with Crippen molar-refractivity contribution < 1.29 is 18.0 Å². The Morgan fingerprint density at radius 1 is 0.848 bits per heavy atom. The number of benzene rings is 4. The highest BCUT2D eigenvalue weighted by atomic mass is 35.5. The number of aryl methyl sites for hydroxylation is 3. The van der Waals surface area contributed by atoms with E-state index >= 15 is 0 Å². The van der Waals surface area contributed by atoms with Crippen molar-refractivity contribution in [3.63, 3.8) is 0 Å². The van der Waals surface area contributed by atoms with E-state index in [1.165, 1.54) is 17.0 Å². The molecule has 1 N–H and O–H groups in total. The number of rotatable bonds is 13. The molecular weight excluding hydrogens is 641 g/mol. The highest BCUT2D eigenvalue weighted by Crippen LogP contribution is 2.28. The van der Waals surface area contributed by atoms with Gasteiger partial charge >= 0.3 is 0 Å². The SMILES string of the molecule is CCCNC(=O)C(Cc1ccccc1)N(Cc1ccc(Cl)cc1Cl)C(=O)CN(c1ccc(C)c(C)c1)S(=O)(=O)c1ccc(C)cc1. The zero-order valence-corrected chi connectivity index (χ0v) is 28.8. The second-order valence-electron chi connectivity index (χ2n) is 11.3. The Morgan fingerprint density at radius 2 is 1.54 bits per heavy atom. The fourth-order valence-corrected chi connectivity index (χ4v) is 6.87. The Balaban J connectivity index is 1.83. The zero-order valence-electron chi connectivity index (χ0n) is 26.5. The lowest BCUT2D eigenvalue weighted by molar-refractivity contribution is -0.140. The Hall–Kier alpha value is -3.85. The van der Waals surface area contributed by atoms with Gasteiger partial charge in [0.25, 0.3) is 10.0 Å². The lowest BCUT2D eigenvalue weighted by Gasteiger charge is -2.34. The Kier molecular flexibility index (Phi) is 11.9.